The molecular formula is C24H26N4O5S3. The van der Waals surface area contributed by atoms with E-state index in [2.05, 4.69) is 15.6 Å². The first-order chi connectivity index (χ1) is 17.3. The van der Waals surface area contributed by atoms with Crippen molar-refractivity contribution in [3.8, 4) is 5.75 Å². The van der Waals surface area contributed by atoms with Crippen LogP contribution in [-0.4, -0.2) is 55.5 Å². The molecule has 1 saturated heterocycles. The van der Waals surface area contributed by atoms with Gasteiger partial charge in [0.25, 0.3) is 5.91 Å². The van der Waals surface area contributed by atoms with Crippen molar-refractivity contribution in [2.45, 2.75) is 23.5 Å². The molecule has 0 aliphatic carbocycles. The van der Waals surface area contributed by atoms with E-state index >= 15 is 0 Å². The number of hydrogen-bond donors (Lipinski definition) is 2. The van der Waals surface area contributed by atoms with Gasteiger partial charge < -0.3 is 10.1 Å². The Morgan fingerprint density at radius 3 is 2.42 bits per heavy atom. The van der Waals surface area contributed by atoms with Gasteiger partial charge in [-0.15, -0.1) is 23.1 Å². The quantitative estimate of drug-likeness (QED) is 0.394. The summed E-state index contributed by atoms with van der Waals surface area (Å²) >= 11 is 2.71. The molecule has 2 aromatic carbocycles. The molecule has 190 valence electrons. The van der Waals surface area contributed by atoms with Crippen molar-refractivity contribution >= 4 is 55.8 Å². The van der Waals surface area contributed by atoms with Crippen LogP contribution in [0.2, 0.25) is 0 Å². The van der Waals surface area contributed by atoms with Gasteiger partial charge in [-0.2, -0.15) is 4.31 Å². The molecule has 0 radical (unpaired) electrons. The van der Waals surface area contributed by atoms with Crippen molar-refractivity contribution in [1.82, 2.24) is 9.29 Å². The highest BCUT2D eigenvalue weighted by molar-refractivity contribution is 7.99. The highest BCUT2D eigenvalue weighted by Crippen LogP contribution is 2.23. The van der Waals surface area contributed by atoms with E-state index in [1.165, 1.54) is 51.7 Å². The first-order valence-electron chi connectivity index (χ1n) is 11.2. The molecule has 1 aromatic heterocycles. The van der Waals surface area contributed by atoms with Crippen LogP contribution in [-0.2, 0) is 20.6 Å². The molecule has 0 bridgehead atoms. The molecule has 3 aromatic rings. The van der Waals surface area contributed by atoms with Crippen molar-refractivity contribution < 1.29 is 22.7 Å². The second-order valence-corrected chi connectivity index (χ2v) is 11.8. The Hall–Kier alpha value is -2.93. The molecule has 0 unspecified atom stereocenters. The topological polar surface area (TPSA) is 118 Å². The number of aromatic nitrogens is 1. The Balaban J connectivity index is 1.24. The van der Waals surface area contributed by atoms with Crippen LogP contribution in [0, 0.1) is 0 Å². The van der Waals surface area contributed by atoms with E-state index in [0.29, 0.717) is 35.2 Å². The molecule has 36 heavy (non-hydrogen) atoms. The molecule has 0 atom stereocenters. The van der Waals surface area contributed by atoms with Gasteiger partial charge in [-0.3, -0.25) is 14.9 Å². The molecule has 2 N–H and O–H groups in total. The molecule has 9 nitrogen and oxygen atoms in total. The number of benzene rings is 2. The fourth-order valence-electron chi connectivity index (χ4n) is 3.58. The average molecular weight is 547 g/mol. The van der Waals surface area contributed by atoms with Crippen molar-refractivity contribution in [3.63, 3.8) is 0 Å². The number of methoxy groups -OCH3 is 1. The first kappa shape index (κ1) is 26.1. The summed E-state index contributed by atoms with van der Waals surface area (Å²) < 4.78 is 31.8. The van der Waals surface area contributed by atoms with Crippen molar-refractivity contribution in [2.75, 3.05) is 36.6 Å². The number of nitrogens with one attached hydrogen (secondary N) is 2. The zero-order chi connectivity index (χ0) is 25.5. The maximum atomic E-state index is 12.6. The Labute approximate surface area is 218 Å². The lowest BCUT2D eigenvalue weighted by Gasteiger charge is -2.15. The lowest BCUT2D eigenvalue weighted by atomic mass is 10.2. The van der Waals surface area contributed by atoms with Crippen LogP contribution >= 0.6 is 23.1 Å². The third-order valence-electron chi connectivity index (χ3n) is 5.45. The van der Waals surface area contributed by atoms with Gasteiger partial charge in [-0.25, -0.2) is 13.4 Å². The van der Waals surface area contributed by atoms with Gasteiger partial charge in [-0.1, -0.05) is 0 Å². The zero-order valence-corrected chi connectivity index (χ0v) is 22.0. The minimum Gasteiger partial charge on any atom is -0.497 e. The third-order valence-corrected chi connectivity index (χ3v) is 9.13. The normalized spacial score (nSPS) is 13.9. The third kappa shape index (κ3) is 6.64. The predicted molar refractivity (Wildman–Crippen MR) is 142 cm³/mol. The predicted octanol–water partition coefficient (Wildman–Crippen LogP) is 4.06. The molecule has 2 heterocycles. The fourth-order valence-corrected chi connectivity index (χ4v) is 6.62. The van der Waals surface area contributed by atoms with Gasteiger partial charge in [0.1, 0.15) is 5.75 Å². The summed E-state index contributed by atoms with van der Waals surface area (Å²) in [5.74, 6) is 1.01. The van der Waals surface area contributed by atoms with Crippen LogP contribution in [0.25, 0.3) is 0 Å². The number of thiazole rings is 1. The van der Waals surface area contributed by atoms with E-state index in [9.17, 15) is 18.0 Å². The Morgan fingerprint density at radius 1 is 1.06 bits per heavy atom. The smallest absolute Gasteiger partial charge is 0.257 e. The van der Waals surface area contributed by atoms with Gasteiger partial charge in [0, 0.05) is 35.5 Å². The van der Waals surface area contributed by atoms with Crippen molar-refractivity contribution in [2.24, 2.45) is 0 Å². The number of nitrogens with zero attached hydrogens (tertiary/aromatic N) is 2. The maximum Gasteiger partial charge on any atom is 0.257 e. The molecule has 12 heteroatoms. The SMILES string of the molecule is COc1ccc(NC(=O)CSCc2csc(NC(=O)c3ccc(S(=O)(=O)N4CCCC4)cc3)n2)cc1. The van der Waals surface area contributed by atoms with E-state index < -0.39 is 10.0 Å². The summed E-state index contributed by atoms with van der Waals surface area (Å²) in [4.78, 5) is 29.3. The monoisotopic (exact) mass is 546 g/mol. The van der Waals surface area contributed by atoms with Crippen LogP contribution in [0.5, 0.6) is 5.75 Å². The molecule has 1 fully saturated rings. The second kappa shape index (κ2) is 11.9. The highest BCUT2D eigenvalue weighted by Gasteiger charge is 2.27. The molecule has 1 aliphatic heterocycles. The van der Waals surface area contributed by atoms with Gasteiger partial charge >= 0.3 is 0 Å². The van der Waals surface area contributed by atoms with Crippen molar-refractivity contribution in [3.05, 3.63) is 65.2 Å². The lowest BCUT2D eigenvalue weighted by Crippen LogP contribution is -2.27. The van der Waals surface area contributed by atoms with Gasteiger partial charge in [0.05, 0.1) is 23.5 Å². The average Bonchev–Trinajstić information content (AvgIpc) is 3.58. The summed E-state index contributed by atoms with van der Waals surface area (Å²) in [6.45, 7) is 1.06. The summed E-state index contributed by atoms with van der Waals surface area (Å²) in [5, 5.41) is 7.84. The van der Waals surface area contributed by atoms with E-state index in [-0.39, 0.29) is 22.5 Å². The van der Waals surface area contributed by atoms with Crippen LogP contribution in [0.15, 0.2) is 58.8 Å². The zero-order valence-electron chi connectivity index (χ0n) is 19.6. The minimum atomic E-state index is -3.52. The number of hydrogen-bond acceptors (Lipinski definition) is 8. The number of anilines is 2. The molecule has 0 spiro atoms. The second-order valence-electron chi connectivity index (χ2n) is 8.00. The first-order valence-corrected chi connectivity index (χ1v) is 14.7. The standard InChI is InChI=1S/C24H26N4O5S3/c1-33-20-8-6-18(7-9-20)25-22(29)16-34-14-19-15-35-24(26-19)27-23(30)17-4-10-21(11-5-17)36(31,32)28-12-2-3-13-28/h4-11,15H,2-3,12-14,16H2,1H3,(H,25,29)(H,26,27,30). The van der Waals surface area contributed by atoms with E-state index in [4.69, 9.17) is 4.74 Å². The number of thioether (sulfide) groups is 1. The summed E-state index contributed by atoms with van der Waals surface area (Å²) in [6.07, 6.45) is 1.73. The lowest BCUT2D eigenvalue weighted by molar-refractivity contribution is -0.113. The number of rotatable bonds is 10. The van der Waals surface area contributed by atoms with Gasteiger partial charge in [0.2, 0.25) is 15.9 Å². The largest absolute Gasteiger partial charge is 0.497 e. The maximum absolute atomic E-state index is 12.6. The molecule has 0 saturated carbocycles. The summed E-state index contributed by atoms with van der Waals surface area (Å²) in [5.41, 5.74) is 1.79. The van der Waals surface area contributed by atoms with E-state index in [0.717, 1.165) is 24.3 Å². The highest BCUT2D eigenvalue weighted by atomic mass is 32.2. The van der Waals surface area contributed by atoms with Crippen LogP contribution in [0.1, 0.15) is 28.9 Å². The molecule has 4 rings (SSSR count). The summed E-state index contributed by atoms with van der Waals surface area (Å²) in [7, 11) is -1.93. The van der Waals surface area contributed by atoms with Crippen LogP contribution < -0.4 is 15.4 Å². The number of sulfonamides is 1. The minimum absolute atomic E-state index is 0.121. The van der Waals surface area contributed by atoms with E-state index in [1.807, 2.05) is 5.38 Å². The Kier molecular flexibility index (Phi) is 8.62. The number of carbonyl (C=O) groups excluding carboxylic acids is 2. The fraction of sp³-hybridized carbons (Fsp3) is 0.292. The van der Waals surface area contributed by atoms with E-state index in [1.54, 1.807) is 31.4 Å². The van der Waals surface area contributed by atoms with Gasteiger partial charge in [0.15, 0.2) is 5.13 Å². The number of amides is 2. The van der Waals surface area contributed by atoms with Crippen molar-refractivity contribution in [1.29, 1.82) is 0 Å². The molecule has 2 amide bonds. The molecular weight excluding hydrogens is 520 g/mol. The Bertz CT molecular complexity index is 1300. The number of carbonyl (C=O) groups is 2. The Morgan fingerprint density at radius 2 is 1.75 bits per heavy atom. The molecule has 1 aliphatic rings. The van der Waals surface area contributed by atoms with Crippen LogP contribution in [0.3, 0.4) is 0 Å². The summed E-state index contributed by atoms with van der Waals surface area (Å²) in [6, 6.07) is 13.0. The van der Waals surface area contributed by atoms with Gasteiger partial charge in [-0.05, 0) is 61.4 Å². The van der Waals surface area contributed by atoms with Crippen LogP contribution in [0.4, 0.5) is 10.8 Å². The number of ether oxygens (including phenoxy) is 1.